The third-order valence-electron chi connectivity index (χ3n) is 4.59. The molecule has 0 saturated carbocycles. The highest BCUT2D eigenvalue weighted by Gasteiger charge is 2.24. The second-order valence-electron chi connectivity index (χ2n) is 6.41. The molecule has 0 bridgehead atoms. The van der Waals surface area contributed by atoms with Crippen molar-refractivity contribution >= 4 is 17.5 Å². The molecule has 6 heteroatoms. The maximum absolute atomic E-state index is 12.6. The van der Waals surface area contributed by atoms with Crippen LogP contribution < -0.4 is 5.32 Å². The molecule has 25 heavy (non-hydrogen) atoms. The minimum atomic E-state index is -0.121. The van der Waals surface area contributed by atoms with Crippen LogP contribution in [0.15, 0.2) is 24.3 Å². The van der Waals surface area contributed by atoms with Gasteiger partial charge in [-0.1, -0.05) is 18.0 Å². The molecule has 1 aromatic carbocycles. The number of hydrogen-bond acceptors (Lipinski definition) is 3. The van der Waals surface area contributed by atoms with Crippen molar-refractivity contribution in [3.05, 3.63) is 46.2 Å². The zero-order chi connectivity index (χ0) is 17.6. The van der Waals surface area contributed by atoms with Crippen molar-refractivity contribution in [3.8, 4) is 5.69 Å². The Labute approximate surface area is 153 Å². The Morgan fingerprint density at radius 1 is 1.16 bits per heavy atom. The molecule has 0 atom stereocenters. The van der Waals surface area contributed by atoms with Crippen molar-refractivity contribution in [2.24, 2.45) is 0 Å². The van der Waals surface area contributed by atoms with E-state index in [1.54, 1.807) is 0 Å². The van der Waals surface area contributed by atoms with E-state index < -0.39 is 0 Å². The van der Waals surface area contributed by atoms with Crippen LogP contribution in [0.2, 0.25) is 5.02 Å². The van der Waals surface area contributed by atoms with Crippen LogP contribution in [0.25, 0.3) is 5.69 Å². The fourth-order valence-corrected chi connectivity index (χ4v) is 3.40. The molecular formula is C19H24ClN3O2. The summed E-state index contributed by atoms with van der Waals surface area (Å²) in [5.41, 5.74) is 3.69. The molecule has 1 aliphatic carbocycles. The topological polar surface area (TPSA) is 67.2 Å². The van der Waals surface area contributed by atoms with Gasteiger partial charge in [0.25, 0.3) is 5.91 Å². The van der Waals surface area contributed by atoms with Gasteiger partial charge in [-0.3, -0.25) is 4.79 Å². The van der Waals surface area contributed by atoms with E-state index in [2.05, 4.69) is 10.4 Å². The predicted octanol–water partition coefficient (Wildman–Crippen LogP) is 3.30. The molecule has 2 aromatic rings. The highest BCUT2D eigenvalue weighted by Crippen LogP contribution is 2.27. The Morgan fingerprint density at radius 2 is 1.92 bits per heavy atom. The smallest absolute Gasteiger partial charge is 0.272 e. The van der Waals surface area contributed by atoms with Gasteiger partial charge >= 0.3 is 0 Å². The van der Waals surface area contributed by atoms with Crippen molar-refractivity contribution < 1.29 is 9.90 Å². The van der Waals surface area contributed by atoms with Crippen LogP contribution in [0.1, 0.15) is 53.8 Å². The van der Waals surface area contributed by atoms with Gasteiger partial charge in [0.05, 0.1) is 5.69 Å². The van der Waals surface area contributed by atoms with Crippen molar-refractivity contribution in [2.75, 3.05) is 13.2 Å². The number of carbonyl (C=O) groups is 1. The number of amides is 1. The van der Waals surface area contributed by atoms with Gasteiger partial charge in [0.1, 0.15) is 0 Å². The average molecular weight is 362 g/mol. The second-order valence-corrected chi connectivity index (χ2v) is 6.85. The van der Waals surface area contributed by atoms with E-state index in [9.17, 15) is 4.79 Å². The van der Waals surface area contributed by atoms with E-state index >= 15 is 0 Å². The molecule has 1 aromatic heterocycles. The predicted molar refractivity (Wildman–Crippen MR) is 98.5 cm³/mol. The molecule has 0 aliphatic heterocycles. The molecule has 0 saturated heterocycles. The number of nitrogens with zero attached hydrogens (tertiary/aromatic N) is 2. The summed E-state index contributed by atoms with van der Waals surface area (Å²) in [7, 11) is 0. The van der Waals surface area contributed by atoms with Crippen molar-refractivity contribution in [1.29, 1.82) is 0 Å². The first-order valence-electron chi connectivity index (χ1n) is 8.96. The van der Waals surface area contributed by atoms with Crippen LogP contribution in [-0.2, 0) is 12.8 Å². The van der Waals surface area contributed by atoms with Gasteiger partial charge in [-0.2, -0.15) is 5.10 Å². The van der Waals surface area contributed by atoms with E-state index in [0.717, 1.165) is 49.0 Å². The molecule has 134 valence electrons. The van der Waals surface area contributed by atoms with Gasteiger partial charge in [-0.05, 0) is 62.8 Å². The Bertz CT molecular complexity index is 725. The second kappa shape index (κ2) is 8.50. The summed E-state index contributed by atoms with van der Waals surface area (Å²) < 4.78 is 1.90. The summed E-state index contributed by atoms with van der Waals surface area (Å²) in [5, 5.41) is 17.1. The molecule has 5 nitrogen and oxygen atoms in total. The maximum Gasteiger partial charge on any atom is 0.272 e. The summed E-state index contributed by atoms with van der Waals surface area (Å²) in [4.78, 5) is 12.6. The number of aliphatic hydroxyl groups is 1. The first kappa shape index (κ1) is 18.0. The van der Waals surface area contributed by atoms with Crippen LogP contribution in [-0.4, -0.2) is 33.9 Å². The number of fused-ring (bicyclic) bond motifs is 1. The summed E-state index contributed by atoms with van der Waals surface area (Å²) in [6.45, 7) is 0.707. The average Bonchev–Trinajstić information content (AvgIpc) is 2.81. The molecule has 1 heterocycles. The molecular weight excluding hydrogens is 338 g/mol. The van der Waals surface area contributed by atoms with Crippen LogP contribution in [0.3, 0.4) is 0 Å². The third-order valence-corrected chi connectivity index (χ3v) is 4.84. The zero-order valence-electron chi connectivity index (χ0n) is 14.3. The molecule has 0 fully saturated rings. The zero-order valence-corrected chi connectivity index (χ0v) is 15.1. The van der Waals surface area contributed by atoms with Gasteiger partial charge < -0.3 is 10.4 Å². The molecule has 1 amide bonds. The Hall–Kier alpha value is -1.85. The Balaban J connectivity index is 1.90. The lowest BCUT2D eigenvalue weighted by Crippen LogP contribution is -2.26. The van der Waals surface area contributed by atoms with Crippen LogP contribution >= 0.6 is 11.6 Å². The van der Waals surface area contributed by atoms with Crippen molar-refractivity contribution in [1.82, 2.24) is 15.1 Å². The Kier molecular flexibility index (Phi) is 6.10. The molecule has 3 rings (SSSR count). The van der Waals surface area contributed by atoms with E-state index in [1.807, 2.05) is 28.9 Å². The number of aliphatic hydroxyl groups excluding tert-OH is 1. The van der Waals surface area contributed by atoms with Crippen LogP contribution in [0.4, 0.5) is 0 Å². The number of unbranched alkanes of at least 4 members (excludes halogenated alkanes) is 1. The lowest BCUT2D eigenvalue weighted by atomic mass is 10.1. The maximum atomic E-state index is 12.6. The summed E-state index contributed by atoms with van der Waals surface area (Å²) in [6, 6.07) is 7.56. The van der Waals surface area contributed by atoms with Gasteiger partial charge in [0.15, 0.2) is 5.69 Å². The third kappa shape index (κ3) is 4.22. The first-order chi connectivity index (χ1) is 12.2. The molecule has 0 radical (unpaired) electrons. The van der Waals surface area contributed by atoms with E-state index in [-0.39, 0.29) is 12.5 Å². The van der Waals surface area contributed by atoms with E-state index in [0.29, 0.717) is 23.7 Å². The van der Waals surface area contributed by atoms with Crippen LogP contribution in [0.5, 0.6) is 0 Å². The van der Waals surface area contributed by atoms with Gasteiger partial charge in [0, 0.05) is 29.4 Å². The molecule has 2 N–H and O–H groups in total. The quantitative estimate of drug-likeness (QED) is 0.612. The summed E-state index contributed by atoms with van der Waals surface area (Å²) in [6.07, 6.45) is 6.66. The van der Waals surface area contributed by atoms with E-state index in [1.165, 1.54) is 6.42 Å². The molecule has 0 unspecified atom stereocenters. The SMILES string of the molecule is O=C(NCCCCO)c1nn(-c2ccc(Cl)cc2)c2c1CCCCC2. The molecule has 0 spiro atoms. The number of aromatic nitrogens is 2. The Morgan fingerprint density at radius 3 is 2.68 bits per heavy atom. The van der Waals surface area contributed by atoms with E-state index in [4.69, 9.17) is 16.7 Å². The largest absolute Gasteiger partial charge is 0.396 e. The van der Waals surface area contributed by atoms with Gasteiger partial charge in [-0.25, -0.2) is 4.68 Å². The number of nitrogens with one attached hydrogen (secondary N) is 1. The lowest BCUT2D eigenvalue weighted by molar-refractivity contribution is 0.0945. The van der Waals surface area contributed by atoms with Crippen LogP contribution in [0, 0.1) is 0 Å². The number of carbonyl (C=O) groups excluding carboxylic acids is 1. The molecule has 1 aliphatic rings. The van der Waals surface area contributed by atoms with Crippen molar-refractivity contribution in [2.45, 2.75) is 44.9 Å². The lowest BCUT2D eigenvalue weighted by Gasteiger charge is -2.07. The summed E-state index contributed by atoms with van der Waals surface area (Å²) >= 11 is 6.00. The first-order valence-corrected chi connectivity index (χ1v) is 9.34. The number of hydrogen-bond donors (Lipinski definition) is 2. The standard InChI is InChI=1S/C19H24ClN3O2/c20-14-8-10-15(11-9-14)23-17-7-3-1-2-6-16(17)18(22-23)19(25)21-12-4-5-13-24/h8-11,24H,1-7,12-13H2,(H,21,25). The van der Waals surface area contributed by atoms with Gasteiger partial charge in [-0.15, -0.1) is 0 Å². The minimum Gasteiger partial charge on any atom is -0.396 e. The number of benzene rings is 1. The van der Waals surface area contributed by atoms with Crippen molar-refractivity contribution in [3.63, 3.8) is 0 Å². The fourth-order valence-electron chi connectivity index (χ4n) is 3.28. The fraction of sp³-hybridized carbons (Fsp3) is 0.474. The highest BCUT2D eigenvalue weighted by atomic mass is 35.5. The number of halogens is 1. The minimum absolute atomic E-state index is 0.121. The summed E-state index contributed by atoms with van der Waals surface area (Å²) in [5.74, 6) is -0.121. The highest BCUT2D eigenvalue weighted by molar-refractivity contribution is 6.30. The number of rotatable bonds is 6. The normalized spacial score (nSPS) is 14.0. The monoisotopic (exact) mass is 361 g/mol. The van der Waals surface area contributed by atoms with Gasteiger partial charge in [0.2, 0.25) is 0 Å².